The molecule has 0 saturated heterocycles. The molecule has 2 aromatic rings. The van der Waals surface area contributed by atoms with Crippen molar-refractivity contribution in [2.45, 2.75) is 32.9 Å². The van der Waals surface area contributed by atoms with Crippen molar-refractivity contribution in [2.75, 3.05) is 7.05 Å². The normalized spacial score (nSPS) is 17.7. The standard InChI is InChI=1S/C11H13N3O.C2H6/c1-12-8-5-7-3-2-4-9-10(7)14(6-8)11(15)13-9;1-2/h2-4,8,12H,5-6H2,1H3,(H,13,15);1-2H3. The second-order valence-electron chi connectivity index (χ2n) is 4.04. The Balaban J connectivity index is 0.000000514. The Morgan fingerprint density at radius 3 is 2.88 bits per heavy atom. The number of para-hydroxylation sites is 1. The number of rotatable bonds is 1. The van der Waals surface area contributed by atoms with Crippen LogP contribution in [-0.4, -0.2) is 22.6 Å². The molecule has 1 unspecified atom stereocenters. The van der Waals surface area contributed by atoms with E-state index < -0.39 is 0 Å². The lowest BCUT2D eigenvalue weighted by atomic mass is 10.0. The third kappa shape index (κ3) is 1.89. The monoisotopic (exact) mass is 233 g/mol. The Morgan fingerprint density at radius 1 is 1.41 bits per heavy atom. The van der Waals surface area contributed by atoms with E-state index in [2.05, 4.69) is 16.4 Å². The number of hydrogen-bond acceptors (Lipinski definition) is 2. The minimum absolute atomic E-state index is 0.00241. The highest BCUT2D eigenvalue weighted by molar-refractivity contribution is 5.79. The summed E-state index contributed by atoms with van der Waals surface area (Å²) in [5.74, 6) is 0. The van der Waals surface area contributed by atoms with E-state index in [-0.39, 0.29) is 5.69 Å². The lowest BCUT2D eigenvalue weighted by Gasteiger charge is -2.22. The van der Waals surface area contributed by atoms with Crippen LogP contribution >= 0.6 is 0 Å². The molecule has 2 N–H and O–H groups in total. The van der Waals surface area contributed by atoms with E-state index >= 15 is 0 Å². The highest BCUT2D eigenvalue weighted by Gasteiger charge is 2.21. The van der Waals surface area contributed by atoms with Crippen LogP contribution in [-0.2, 0) is 13.0 Å². The molecule has 1 aromatic carbocycles. The van der Waals surface area contributed by atoms with Gasteiger partial charge in [0, 0.05) is 12.6 Å². The second kappa shape index (κ2) is 4.75. The molecule has 0 spiro atoms. The maximum atomic E-state index is 11.7. The summed E-state index contributed by atoms with van der Waals surface area (Å²) < 4.78 is 1.83. The van der Waals surface area contributed by atoms with E-state index in [9.17, 15) is 4.79 Å². The van der Waals surface area contributed by atoms with Crippen molar-refractivity contribution in [2.24, 2.45) is 0 Å². The summed E-state index contributed by atoms with van der Waals surface area (Å²) in [6, 6.07) is 6.40. The van der Waals surface area contributed by atoms with Gasteiger partial charge in [0.05, 0.1) is 11.0 Å². The van der Waals surface area contributed by atoms with Crippen molar-refractivity contribution in [3.63, 3.8) is 0 Å². The summed E-state index contributed by atoms with van der Waals surface area (Å²) in [7, 11) is 1.94. The molecule has 1 aliphatic rings. The average Bonchev–Trinajstić information content (AvgIpc) is 2.70. The topological polar surface area (TPSA) is 49.8 Å². The maximum Gasteiger partial charge on any atom is 0.326 e. The van der Waals surface area contributed by atoms with Gasteiger partial charge < -0.3 is 10.3 Å². The fraction of sp³-hybridized carbons (Fsp3) is 0.462. The zero-order valence-electron chi connectivity index (χ0n) is 10.6. The van der Waals surface area contributed by atoms with Crippen LogP contribution in [0.2, 0.25) is 0 Å². The number of imidazole rings is 1. The molecule has 0 fully saturated rings. The molecule has 0 aliphatic carbocycles. The van der Waals surface area contributed by atoms with Crippen molar-refractivity contribution in [3.05, 3.63) is 34.2 Å². The number of aromatic amines is 1. The third-order valence-electron chi connectivity index (χ3n) is 3.15. The number of likely N-dealkylation sites (N-methyl/N-ethyl adjacent to an activating group) is 1. The first kappa shape index (κ1) is 11.9. The number of aromatic nitrogens is 2. The Morgan fingerprint density at radius 2 is 2.18 bits per heavy atom. The van der Waals surface area contributed by atoms with Gasteiger partial charge in [0.15, 0.2) is 0 Å². The Labute approximate surface area is 101 Å². The van der Waals surface area contributed by atoms with Gasteiger partial charge in [0.1, 0.15) is 0 Å². The van der Waals surface area contributed by atoms with E-state index in [1.54, 1.807) is 0 Å². The number of benzene rings is 1. The summed E-state index contributed by atoms with van der Waals surface area (Å²) in [5, 5.41) is 3.23. The minimum Gasteiger partial charge on any atom is -0.315 e. The fourth-order valence-electron chi connectivity index (χ4n) is 2.38. The largest absolute Gasteiger partial charge is 0.326 e. The zero-order valence-corrected chi connectivity index (χ0v) is 10.6. The first-order valence-corrected chi connectivity index (χ1v) is 6.17. The average molecular weight is 233 g/mol. The number of hydrogen-bond donors (Lipinski definition) is 2. The number of H-pyrrole nitrogens is 1. The molecular weight excluding hydrogens is 214 g/mol. The van der Waals surface area contributed by atoms with E-state index in [0.717, 1.165) is 24.0 Å². The molecule has 0 amide bonds. The van der Waals surface area contributed by atoms with E-state index in [1.807, 2.05) is 37.6 Å². The van der Waals surface area contributed by atoms with Gasteiger partial charge in [0.25, 0.3) is 0 Å². The molecule has 4 nitrogen and oxygen atoms in total. The Bertz CT molecular complexity index is 568. The van der Waals surface area contributed by atoms with Crippen LogP contribution < -0.4 is 11.0 Å². The number of nitrogens with one attached hydrogen (secondary N) is 2. The number of nitrogens with zero attached hydrogens (tertiary/aromatic N) is 1. The van der Waals surface area contributed by atoms with E-state index in [4.69, 9.17) is 0 Å². The molecule has 0 saturated carbocycles. The van der Waals surface area contributed by atoms with E-state index in [0.29, 0.717) is 6.04 Å². The maximum absolute atomic E-state index is 11.7. The predicted molar refractivity (Wildman–Crippen MR) is 70.5 cm³/mol. The van der Waals surface area contributed by atoms with Gasteiger partial charge in [-0.25, -0.2) is 4.79 Å². The zero-order chi connectivity index (χ0) is 12.4. The molecule has 4 heteroatoms. The minimum atomic E-state index is -0.00241. The van der Waals surface area contributed by atoms with Crippen molar-refractivity contribution in [1.29, 1.82) is 0 Å². The summed E-state index contributed by atoms with van der Waals surface area (Å²) >= 11 is 0. The predicted octanol–water partition coefficient (Wildman–Crippen LogP) is 1.50. The van der Waals surface area contributed by atoms with Gasteiger partial charge >= 0.3 is 5.69 Å². The Kier molecular flexibility index (Phi) is 3.33. The first-order valence-electron chi connectivity index (χ1n) is 6.17. The fourth-order valence-corrected chi connectivity index (χ4v) is 2.38. The van der Waals surface area contributed by atoms with Crippen LogP contribution in [0.1, 0.15) is 19.4 Å². The quantitative estimate of drug-likeness (QED) is 0.784. The van der Waals surface area contributed by atoms with Crippen molar-refractivity contribution in [3.8, 4) is 0 Å². The lowest BCUT2D eigenvalue weighted by Crippen LogP contribution is -2.38. The molecule has 0 radical (unpaired) electrons. The van der Waals surface area contributed by atoms with Crippen molar-refractivity contribution in [1.82, 2.24) is 14.9 Å². The van der Waals surface area contributed by atoms with Crippen LogP contribution in [0.5, 0.6) is 0 Å². The highest BCUT2D eigenvalue weighted by atomic mass is 16.1. The smallest absolute Gasteiger partial charge is 0.315 e. The third-order valence-corrected chi connectivity index (χ3v) is 3.15. The first-order chi connectivity index (χ1) is 8.29. The van der Waals surface area contributed by atoms with Crippen molar-refractivity contribution < 1.29 is 0 Å². The molecule has 1 atom stereocenters. The molecule has 1 aromatic heterocycles. The molecule has 0 bridgehead atoms. The van der Waals surface area contributed by atoms with Crippen LogP contribution in [0.15, 0.2) is 23.0 Å². The van der Waals surface area contributed by atoms with Gasteiger partial charge in [-0.1, -0.05) is 26.0 Å². The van der Waals surface area contributed by atoms with Gasteiger partial charge in [-0.15, -0.1) is 0 Å². The summed E-state index contributed by atoms with van der Waals surface area (Å²) in [4.78, 5) is 14.6. The summed E-state index contributed by atoms with van der Waals surface area (Å²) in [6.45, 7) is 4.76. The molecule has 1 aliphatic heterocycles. The Hall–Kier alpha value is -1.55. The van der Waals surface area contributed by atoms with Gasteiger partial charge in [-0.2, -0.15) is 0 Å². The van der Waals surface area contributed by atoms with Gasteiger partial charge in [-0.3, -0.25) is 4.57 Å². The SMILES string of the molecule is CC.CNC1Cc2cccc3[nH]c(=O)n(c23)C1. The molecule has 2 heterocycles. The van der Waals surface area contributed by atoms with Gasteiger partial charge in [0.2, 0.25) is 0 Å². The van der Waals surface area contributed by atoms with E-state index in [1.165, 1.54) is 5.56 Å². The second-order valence-corrected chi connectivity index (χ2v) is 4.04. The van der Waals surface area contributed by atoms with Crippen LogP contribution in [0, 0.1) is 0 Å². The van der Waals surface area contributed by atoms with Crippen molar-refractivity contribution >= 4 is 11.0 Å². The van der Waals surface area contributed by atoms with Crippen LogP contribution in [0.25, 0.3) is 11.0 Å². The molecule has 3 rings (SSSR count). The summed E-state index contributed by atoms with van der Waals surface area (Å²) in [6.07, 6.45) is 0.991. The molecule has 17 heavy (non-hydrogen) atoms. The molecular formula is C13H19N3O. The summed E-state index contributed by atoms with van der Waals surface area (Å²) in [5.41, 5.74) is 3.27. The van der Waals surface area contributed by atoms with Gasteiger partial charge in [-0.05, 0) is 25.1 Å². The molecule has 92 valence electrons. The van der Waals surface area contributed by atoms with Crippen LogP contribution in [0.3, 0.4) is 0 Å². The highest BCUT2D eigenvalue weighted by Crippen LogP contribution is 2.22. The van der Waals surface area contributed by atoms with Crippen LogP contribution in [0.4, 0.5) is 0 Å². The lowest BCUT2D eigenvalue weighted by molar-refractivity contribution is 0.463.